The fourth-order valence-electron chi connectivity index (χ4n) is 1.83. The van der Waals surface area contributed by atoms with Gasteiger partial charge in [-0.15, -0.1) is 0 Å². The van der Waals surface area contributed by atoms with Crippen LogP contribution in [0.5, 0.6) is 0 Å². The Hall–Kier alpha value is -2.60. The number of benzene rings is 1. The molecule has 0 unspecified atom stereocenters. The molecule has 0 aliphatic heterocycles. The first-order chi connectivity index (χ1) is 8.36. The highest BCUT2D eigenvalue weighted by atomic mass is 14.8. The fourth-order valence-corrected chi connectivity index (χ4v) is 1.83. The lowest BCUT2D eigenvalue weighted by Gasteiger charge is -2.01. The van der Waals surface area contributed by atoms with Crippen molar-refractivity contribution in [3.05, 3.63) is 54.4 Å². The summed E-state index contributed by atoms with van der Waals surface area (Å²) in [6.07, 6.45) is 3.71. The zero-order valence-corrected chi connectivity index (χ0v) is 9.01. The summed E-state index contributed by atoms with van der Waals surface area (Å²) in [6.45, 7) is 0. The van der Waals surface area contributed by atoms with Crippen molar-refractivity contribution in [1.29, 1.82) is 5.26 Å². The van der Waals surface area contributed by atoms with E-state index >= 15 is 0 Å². The summed E-state index contributed by atoms with van der Waals surface area (Å²) < 4.78 is 0. The maximum atomic E-state index is 8.75. The molecular weight excluding hydrogens is 210 g/mol. The number of hydrogen-bond acceptors (Lipinski definition) is 2. The van der Waals surface area contributed by atoms with Gasteiger partial charge >= 0.3 is 0 Å². The SMILES string of the molecule is N#Cc1ccc(-c2cnc3[nH]ccc3c2)cc1. The van der Waals surface area contributed by atoms with Crippen molar-refractivity contribution < 1.29 is 0 Å². The maximum Gasteiger partial charge on any atom is 0.137 e. The van der Waals surface area contributed by atoms with Crippen molar-refractivity contribution >= 4 is 11.0 Å². The van der Waals surface area contributed by atoms with E-state index in [0.29, 0.717) is 5.56 Å². The minimum absolute atomic E-state index is 0.671. The zero-order valence-electron chi connectivity index (χ0n) is 9.01. The van der Waals surface area contributed by atoms with Crippen LogP contribution in [-0.4, -0.2) is 9.97 Å². The average molecular weight is 219 g/mol. The number of nitriles is 1. The molecule has 0 radical (unpaired) electrons. The number of aromatic amines is 1. The van der Waals surface area contributed by atoms with Crippen molar-refractivity contribution in [1.82, 2.24) is 9.97 Å². The number of nitrogens with one attached hydrogen (secondary N) is 1. The molecule has 0 fully saturated rings. The first-order valence-corrected chi connectivity index (χ1v) is 5.30. The van der Waals surface area contributed by atoms with Gasteiger partial charge in [-0.3, -0.25) is 0 Å². The van der Waals surface area contributed by atoms with Crippen LogP contribution in [0, 0.1) is 11.3 Å². The quantitative estimate of drug-likeness (QED) is 0.683. The molecule has 3 aromatic rings. The number of rotatable bonds is 1. The second kappa shape index (κ2) is 3.76. The molecular formula is C14H9N3. The van der Waals surface area contributed by atoms with Crippen molar-refractivity contribution in [3.63, 3.8) is 0 Å². The van der Waals surface area contributed by atoms with Crippen molar-refractivity contribution in [2.24, 2.45) is 0 Å². The third-order valence-electron chi connectivity index (χ3n) is 2.75. The Morgan fingerprint density at radius 1 is 1.06 bits per heavy atom. The van der Waals surface area contributed by atoms with Crippen LogP contribution in [0.3, 0.4) is 0 Å². The van der Waals surface area contributed by atoms with E-state index in [9.17, 15) is 0 Å². The summed E-state index contributed by atoms with van der Waals surface area (Å²) in [5, 5.41) is 9.84. The fraction of sp³-hybridized carbons (Fsp3) is 0. The van der Waals surface area contributed by atoms with Crippen LogP contribution in [0.2, 0.25) is 0 Å². The van der Waals surface area contributed by atoms with Gasteiger partial charge in [-0.2, -0.15) is 5.26 Å². The summed E-state index contributed by atoms with van der Waals surface area (Å²) >= 11 is 0. The highest BCUT2D eigenvalue weighted by Crippen LogP contribution is 2.22. The summed E-state index contributed by atoms with van der Waals surface area (Å²) in [6, 6.07) is 13.7. The molecule has 0 bridgehead atoms. The van der Waals surface area contributed by atoms with E-state index in [1.807, 2.05) is 42.7 Å². The lowest BCUT2D eigenvalue weighted by atomic mass is 10.1. The van der Waals surface area contributed by atoms with Gasteiger partial charge in [-0.1, -0.05) is 12.1 Å². The third-order valence-corrected chi connectivity index (χ3v) is 2.75. The van der Waals surface area contributed by atoms with Crippen molar-refractivity contribution in [2.75, 3.05) is 0 Å². The highest BCUT2D eigenvalue weighted by molar-refractivity contribution is 5.81. The maximum absolute atomic E-state index is 8.75. The Morgan fingerprint density at radius 3 is 2.65 bits per heavy atom. The molecule has 80 valence electrons. The molecule has 1 aromatic carbocycles. The Kier molecular flexibility index (Phi) is 2.13. The lowest BCUT2D eigenvalue weighted by molar-refractivity contribution is 1.32. The number of fused-ring (bicyclic) bond motifs is 1. The monoisotopic (exact) mass is 219 g/mol. The van der Waals surface area contributed by atoms with E-state index in [1.165, 1.54) is 0 Å². The number of nitrogens with zero attached hydrogens (tertiary/aromatic N) is 2. The summed E-state index contributed by atoms with van der Waals surface area (Å²) in [4.78, 5) is 7.40. The highest BCUT2D eigenvalue weighted by Gasteiger charge is 2.01. The lowest BCUT2D eigenvalue weighted by Crippen LogP contribution is -1.82. The number of pyridine rings is 1. The summed E-state index contributed by atoms with van der Waals surface area (Å²) in [5.74, 6) is 0. The largest absolute Gasteiger partial charge is 0.346 e. The minimum Gasteiger partial charge on any atom is -0.346 e. The Balaban J connectivity index is 2.10. The van der Waals surface area contributed by atoms with Crippen LogP contribution >= 0.6 is 0 Å². The van der Waals surface area contributed by atoms with Gasteiger partial charge in [0.1, 0.15) is 5.65 Å². The van der Waals surface area contributed by atoms with Gasteiger partial charge in [0.05, 0.1) is 11.6 Å². The van der Waals surface area contributed by atoms with Gasteiger partial charge in [-0.05, 0) is 29.8 Å². The van der Waals surface area contributed by atoms with Gasteiger partial charge in [0.25, 0.3) is 0 Å². The topological polar surface area (TPSA) is 52.5 Å². The minimum atomic E-state index is 0.671. The van der Waals surface area contributed by atoms with E-state index < -0.39 is 0 Å². The molecule has 3 rings (SSSR count). The predicted octanol–water partition coefficient (Wildman–Crippen LogP) is 3.10. The average Bonchev–Trinajstić information content (AvgIpc) is 2.86. The molecule has 0 spiro atoms. The van der Waals surface area contributed by atoms with Gasteiger partial charge in [0.2, 0.25) is 0 Å². The number of H-pyrrole nitrogens is 1. The number of aromatic nitrogens is 2. The van der Waals surface area contributed by atoms with Crippen molar-refractivity contribution in [3.8, 4) is 17.2 Å². The van der Waals surface area contributed by atoms with Crippen LogP contribution in [0.25, 0.3) is 22.2 Å². The van der Waals surface area contributed by atoms with E-state index in [4.69, 9.17) is 5.26 Å². The summed E-state index contributed by atoms with van der Waals surface area (Å²) in [7, 11) is 0. The smallest absolute Gasteiger partial charge is 0.137 e. The van der Waals surface area contributed by atoms with Gasteiger partial charge in [-0.25, -0.2) is 4.98 Å². The molecule has 0 saturated heterocycles. The molecule has 2 heterocycles. The Morgan fingerprint density at radius 2 is 1.88 bits per heavy atom. The molecule has 1 N–H and O–H groups in total. The van der Waals surface area contributed by atoms with Gasteiger partial charge in [0, 0.05) is 23.3 Å². The molecule has 0 atom stereocenters. The molecule has 17 heavy (non-hydrogen) atoms. The Bertz CT molecular complexity index is 702. The molecule has 0 aliphatic rings. The first kappa shape index (κ1) is 9.61. The predicted molar refractivity (Wildman–Crippen MR) is 66.2 cm³/mol. The zero-order chi connectivity index (χ0) is 11.7. The Labute approximate surface area is 98.4 Å². The molecule has 2 aromatic heterocycles. The second-order valence-corrected chi connectivity index (χ2v) is 3.83. The van der Waals surface area contributed by atoms with E-state index in [-0.39, 0.29) is 0 Å². The van der Waals surface area contributed by atoms with Gasteiger partial charge < -0.3 is 4.98 Å². The van der Waals surface area contributed by atoms with Crippen LogP contribution in [0.4, 0.5) is 0 Å². The number of hydrogen-bond donors (Lipinski definition) is 1. The van der Waals surface area contributed by atoms with Crippen LogP contribution < -0.4 is 0 Å². The molecule has 0 saturated carbocycles. The third kappa shape index (κ3) is 1.66. The standard InChI is InChI=1S/C14H9N3/c15-8-10-1-3-11(4-2-10)13-7-12-5-6-16-14(12)17-9-13/h1-7,9H,(H,16,17). The van der Waals surface area contributed by atoms with Crippen molar-refractivity contribution in [2.45, 2.75) is 0 Å². The normalized spacial score (nSPS) is 10.3. The van der Waals surface area contributed by atoms with E-state index in [1.54, 1.807) is 0 Å². The second-order valence-electron chi connectivity index (χ2n) is 3.83. The molecule has 0 amide bonds. The molecule has 3 nitrogen and oxygen atoms in total. The molecule has 3 heteroatoms. The summed E-state index contributed by atoms with van der Waals surface area (Å²) in [5.41, 5.74) is 3.69. The van der Waals surface area contributed by atoms with E-state index in [0.717, 1.165) is 22.2 Å². The van der Waals surface area contributed by atoms with Crippen LogP contribution in [-0.2, 0) is 0 Å². The molecule has 0 aliphatic carbocycles. The van der Waals surface area contributed by atoms with E-state index in [2.05, 4.69) is 22.1 Å². The van der Waals surface area contributed by atoms with Crippen LogP contribution in [0.1, 0.15) is 5.56 Å². The van der Waals surface area contributed by atoms with Crippen LogP contribution in [0.15, 0.2) is 48.8 Å². The van der Waals surface area contributed by atoms with Gasteiger partial charge in [0.15, 0.2) is 0 Å². The first-order valence-electron chi connectivity index (χ1n) is 5.30.